The van der Waals surface area contributed by atoms with Crippen LogP contribution in [0.2, 0.25) is 0 Å². The Hall–Kier alpha value is -1.46. The van der Waals surface area contributed by atoms with Gasteiger partial charge in [-0.15, -0.1) is 0 Å². The summed E-state index contributed by atoms with van der Waals surface area (Å²) in [6, 6.07) is 1.14. The standard InChI is InChI=1S/C9H14N2O3/c1-4(10)9(11)8-6(13)2-5(12)3-7(8)14/h2-4,9,12-14H,10-11H2,1H3. The van der Waals surface area contributed by atoms with E-state index in [4.69, 9.17) is 16.6 Å². The molecule has 5 nitrogen and oxygen atoms in total. The summed E-state index contributed by atoms with van der Waals surface area (Å²) >= 11 is 0. The van der Waals surface area contributed by atoms with Crippen molar-refractivity contribution in [2.45, 2.75) is 19.0 Å². The first kappa shape index (κ1) is 10.6. The average molecular weight is 198 g/mol. The van der Waals surface area contributed by atoms with Crippen LogP contribution in [-0.2, 0) is 0 Å². The topological polar surface area (TPSA) is 113 Å². The third-order valence-corrected chi connectivity index (χ3v) is 2.02. The van der Waals surface area contributed by atoms with Crippen LogP contribution in [0.15, 0.2) is 12.1 Å². The van der Waals surface area contributed by atoms with Gasteiger partial charge < -0.3 is 26.8 Å². The van der Waals surface area contributed by atoms with Crippen molar-refractivity contribution < 1.29 is 15.3 Å². The predicted octanol–water partition coefficient (Wildman–Crippen LogP) is 0.150. The molecular weight excluding hydrogens is 184 g/mol. The lowest BCUT2D eigenvalue weighted by molar-refractivity contribution is 0.405. The Kier molecular flexibility index (Phi) is 2.83. The largest absolute Gasteiger partial charge is 0.508 e. The van der Waals surface area contributed by atoms with Crippen LogP contribution in [0.3, 0.4) is 0 Å². The van der Waals surface area contributed by atoms with Gasteiger partial charge in [-0.3, -0.25) is 0 Å². The Labute approximate surface area is 81.6 Å². The second kappa shape index (κ2) is 3.73. The van der Waals surface area contributed by atoms with Gasteiger partial charge in [0.2, 0.25) is 0 Å². The molecule has 0 aliphatic carbocycles. The van der Waals surface area contributed by atoms with E-state index >= 15 is 0 Å². The second-order valence-electron chi connectivity index (χ2n) is 3.28. The molecule has 0 saturated carbocycles. The van der Waals surface area contributed by atoms with Crippen LogP contribution in [0.5, 0.6) is 17.2 Å². The minimum Gasteiger partial charge on any atom is -0.508 e. The lowest BCUT2D eigenvalue weighted by Crippen LogP contribution is -2.31. The van der Waals surface area contributed by atoms with Crippen LogP contribution in [0.25, 0.3) is 0 Å². The molecule has 2 atom stereocenters. The summed E-state index contributed by atoms with van der Waals surface area (Å²) in [5, 5.41) is 27.9. The molecule has 0 aromatic heterocycles. The first-order chi connectivity index (χ1) is 6.43. The maximum atomic E-state index is 9.44. The number of phenols is 3. The van der Waals surface area contributed by atoms with E-state index in [1.54, 1.807) is 6.92 Å². The van der Waals surface area contributed by atoms with Gasteiger partial charge >= 0.3 is 0 Å². The van der Waals surface area contributed by atoms with Crippen LogP contribution in [0.4, 0.5) is 0 Å². The Morgan fingerprint density at radius 2 is 1.50 bits per heavy atom. The minimum absolute atomic E-state index is 0.151. The highest BCUT2D eigenvalue weighted by molar-refractivity contribution is 5.50. The molecule has 14 heavy (non-hydrogen) atoms. The van der Waals surface area contributed by atoms with Crippen molar-refractivity contribution in [1.82, 2.24) is 0 Å². The van der Waals surface area contributed by atoms with Crippen LogP contribution in [-0.4, -0.2) is 21.4 Å². The zero-order valence-corrected chi connectivity index (χ0v) is 7.81. The fraction of sp³-hybridized carbons (Fsp3) is 0.333. The monoisotopic (exact) mass is 198 g/mol. The van der Waals surface area contributed by atoms with E-state index in [1.807, 2.05) is 0 Å². The van der Waals surface area contributed by atoms with Crippen molar-refractivity contribution in [1.29, 1.82) is 0 Å². The van der Waals surface area contributed by atoms with Gasteiger partial charge in [-0.2, -0.15) is 0 Å². The van der Waals surface area contributed by atoms with Crippen LogP contribution >= 0.6 is 0 Å². The fourth-order valence-electron chi connectivity index (χ4n) is 1.21. The number of phenolic OH excluding ortho intramolecular Hbond substituents is 3. The molecule has 7 N–H and O–H groups in total. The highest BCUT2D eigenvalue weighted by Gasteiger charge is 2.19. The maximum absolute atomic E-state index is 9.44. The number of rotatable bonds is 2. The molecule has 0 radical (unpaired) electrons. The molecule has 0 amide bonds. The molecule has 0 aliphatic heterocycles. The van der Waals surface area contributed by atoms with Crippen molar-refractivity contribution in [3.63, 3.8) is 0 Å². The van der Waals surface area contributed by atoms with Gasteiger partial charge in [0.25, 0.3) is 0 Å². The van der Waals surface area contributed by atoms with E-state index in [0.29, 0.717) is 0 Å². The molecule has 0 saturated heterocycles. The average Bonchev–Trinajstić information content (AvgIpc) is 2.01. The van der Waals surface area contributed by atoms with Crippen LogP contribution in [0, 0.1) is 0 Å². The summed E-state index contributed by atoms with van der Waals surface area (Å²) in [7, 11) is 0. The summed E-state index contributed by atoms with van der Waals surface area (Å²) in [6.45, 7) is 1.66. The van der Waals surface area contributed by atoms with E-state index in [0.717, 1.165) is 12.1 Å². The molecule has 5 heteroatoms. The predicted molar refractivity (Wildman–Crippen MR) is 52.0 cm³/mol. The van der Waals surface area contributed by atoms with E-state index in [2.05, 4.69) is 0 Å². The summed E-state index contributed by atoms with van der Waals surface area (Å²) in [6.07, 6.45) is 0. The summed E-state index contributed by atoms with van der Waals surface area (Å²) < 4.78 is 0. The molecule has 1 rings (SSSR count). The van der Waals surface area contributed by atoms with Gasteiger partial charge in [-0.1, -0.05) is 0 Å². The molecule has 0 bridgehead atoms. The zero-order chi connectivity index (χ0) is 10.9. The van der Waals surface area contributed by atoms with Crippen molar-refractivity contribution in [2.24, 2.45) is 11.5 Å². The SMILES string of the molecule is CC(N)C(N)c1c(O)cc(O)cc1O. The third-order valence-electron chi connectivity index (χ3n) is 2.02. The lowest BCUT2D eigenvalue weighted by atomic mass is 10.00. The van der Waals surface area contributed by atoms with Gasteiger partial charge in [0.15, 0.2) is 0 Å². The first-order valence-electron chi connectivity index (χ1n) is 4.19. The van der Waals surface area contributed by atoms with Gasteiger partial charge in [0.1, 0.15) is 17.2 Å². The van der Waals surface area contributed by atoms with Gasteiger partial charge in [-0.25, -0.2) is 0 Å². The molecular formula is C9H14N2O3. The summed E-state index contributed by atoms with van der Waals surface area (Å²) in [4.78, 5) is 0. The number of hydrogen-bond donors (Lipinski definition) is 5. The molecule has 78 valence electrons. The molecule has 0 heterocycles. The highest BCUT2D eigenvalue weighted by atomic mass is 16.3. The summed E-state index contributed by atoms with van der Waals surface area (Å²) in [5.74, 6) is -0.736. The molecule has 1 aromatic carbocycles. The lowest BCUT2D eigenvalue weighted by Gasteiger charge is -2.18. The van der Waals surface area contributed by atoms with Crippen molar-refractivity contribution in [3.05, 3.63) is 17.7 Å². The van der Waals surface area contributed by atoms with E-state index in [9.17, 15) is 10.2 Å². The van der Waals surface area contributed by atoms with Crippen molar-refractivity contribution >= 4 is 0 Å². The number of benzene rings is 1. The Morgan fingerprint density at radius 1 is 1.07 bits per heavy atom. The van der Waals surface area contributed by atoms with Crippen molar-refractivity contribution in [2.75, 3.05) is 0 Å². The molecule has 1 aromatic rings. The number of aromatic hydroxyl groups is 3. The van der Waals surface area contributed by atoms with Gasteiger partial charge in [0, 0.05) is 18.2 Å². The second-order valence-corrected chi connectivity index (χ2v) is 3.28. The molecule has 2 unspecified atom stereocenters. The number of nitrogens with two attached hydrogens (primary N) is 2. The normalized spacial score (nSPS) is 15.1. The smallest absolute Gasteiger partial charge is 0.127 e. The van der Waals surface area contributed by atoms with Crippen LogP contribution in [0.1, 0.15) is 18.5 Å². The van der Waals surface area contributed by atoms with E-state index < -0.39 is 12.1 Å². The van der Waals surface area contributed by atoms with Gasteiger partial charge in [0.05, 0.1) is 11.6 Å². The highest BCUT2D eigenvalue weighted by Crippen LogP contribution is 2.36. The summed E-state index contributed by atoms with van der Waals surface area (Å²) in [5.41, 5.74) is 11.3. The van der Waals surface area contributed by atoms with Crippen molar-refractivity contribution in [3.8, 4) is 17.2 Å². The third kappa shape index (κ3) is 1.89. The zero-order valence-electron chi connectivity index (χ0n) is 7.81. The Bertz CT molecular complexity index is 316. The molecule has 0 fully saturated rings. The molecule has 0 spiro atoms. The fourth-order valence-corrected chi connectivity index (χ4v) is 1.21. The number of hydrogen-bond acceptors (Lipinski definition) is 5. The maximum Gasteiger partial charge on any atom is 0.127 e. The minimum atomic E-state index is -0.671. The molecule has 0 aliphatic rings. The Morgan fingerprint density at radius 3 is 1.86 bits per heavy atom. The first-order valence-corrected chi connectivity index (χ1v) is 4.19. The van der Waals surface area contributed by atoms with Crippen LogP contribution < -0.4 is 11.5 Å². The van der Waals surface area contributed by atoms with E-state index in [1.165, 1.54) is 0 Å². The van der Waals surface area contributed by atoms with E-state index in [-0.39, 0.29) is 22.8 Å². The van der Waals surface area contributed by atoms with Gasteiger partial charge in [-0.05, 0) is 6.92 Å². The Balaban J connectivity index is 3.20. The quantitative estimate of drug-likeness (QED) is 0.464.